The van der Waals surface area contributed by atoms with Crippen molar-refractivity contribution < 1.29 is 0 Å². The summed E-state index contributed by atoms with van der Waals surface area (Å²) in [5.41, 5.74) is 14.5. The fourth-order valence-corrected chi connectivity index (χ4v) is 5.21. The van der Waals surface area contributed by atoms with Crippen LogP contribution in [0.4, 0.5) is 29.2 Å². The Balaban J connectivity index is 1.52. The van der Waals surface area contributed by atoms with Gasteiger partial charge in [0.05, 0.1) is 0 Å². The van der Waals surface area contributed by atoms with Gasteiger partial charge in [-0.2, -0.15) is 15.0 Å². The van der Waals surface area contributed by atoms with Crippen molar-refractivity contribution in [3.8, 4) is 0 Å². The summed E-state index contributed by atoms with van der Waals surface area (Å²) in [6.07, 6.45) is 8.34. The highest BCUT2D eigenvalue weighted by atomic mass is 15.3. The van der Waals surface area contributed by atoms with Gasteiger partial charge in [0.2, 0.25) is 17.8 Å². The van der Waals surface area contributed by atoms with Crippen molar-refractivity contribution in [3.05, 3.63) is 60.7 Å². The van der Waals surface area contributed by atoms with Gasteiger partial charge in [-0.25, -0.2) is 0 Å². The van der Waals surface area contributed by atoms with Gasteiger partial charge in [-0.15, -0.1) is 0 Å². The predicted octanol–water partition coefficient (Wildman–Crippen LogP) is 4.71. The van der Waals surface area contributed by atoms with E-state index in [1.807, 2.05) is 36.4 Å². The third kappa shape index (κ3) is 6.07. The molecule has 5 rings (SSSR count). The van der Waals surface area contributed by atoms with E-state index in [-0.39, 0.29) is 24.2 Å². The van der Waals surface area contributed by atoms with Crippen molar-refractivity contribution in [1.82, 2.24) is 15.0 Å². The van der Waals surface area contributed by atoms with E-state index >= 15 is 0 Å². The van der Waals surface area contributed by atoms with E-state index in [9.17, 15) is 0 Å². The van der Waals surface area contributed by atoms with Crippen molar-refractivity contribution in [2.45, 2.75) is 75.5 Å². The van der Waals surface area contributed by atoms with Crippen LogP contribution in [0.25, 0.3) is 0 Å². The molecule has 0 radical (unpaired) electrons. The Morgan fingerprint density at radius 1 is 0.629 bits per heavy atom. The predicted molar refractivity (Wildman–Crippen MR) is 142 cm³/mol. The molecular weight excluding hydrogens is 436 g/mol. The smallest absolute Gasteiger partial charge is 0.241 e. The molecule has 2 saturated carbocycles. The van der Waals surface area contributed by atoms with Gasteiger partial charge in [-0.3, -0.25) is 4.90 Å². The second-order valence-electron chi connectivity index (χ2n) is 9.83. The number of nitrogens with one attached hydrogen (secondary N) is 2. The number of para-hydroxylation sites is 2. The standard InChI is InChI=1S/C27H36N8/c28-19-9-7-11-21(17-19)30-25-32-26(31-22-12-8-10-20(29)18-22)34-27(33-25)35(23-13-3-1-4-14-23)24-15-5-2-6-16-24/h1-6,13-16,19-22H,7-12,17-18,28-29H2,(H2,30,31,32,33,34). The van der Waals surface area contributed by atoms with Crippen molar-refractivity contribution >= 4 is 29.2 Å². The Morgan fingerprint density at radius 3 is 1.51 bits per heavy atom. The van der Waals surface area contributed by atoms with E-state index in [1.165, 1.54) is 0 Å². The third-order valence-corrected chi connectivity index (χ3v) is 6.95. The molecule has 1 aromatic heterocycles. The summed E-state index contributed by atoms with van der Waals surface area (Å²) in [7, 11) is 0. The van der Waals surface area contributed by atoms with Crippen molar-refractivity contribution in [2.24, 2.45) is 11.5 Å². The Kier molecular flexibility index (Phi) is 7.39. The second-order valence-corrected chi connectivity index (χ2v) is 9.83. The lowest BCUT2D eigenvalue weighted by atomic mass is 9.92. The summed E-state index contributed by atoms with van der Waals surface area (Å²) in [5.74, 6) is 1.73. The van der Waals surface area contributed by atoms with Gasteiger partial charge in [-0.1, -0.05) is 36.4 Å². The number of nitrogens with two attached hydrogens (primary N) is 2. The maximum atomic E-state index is 6.25. The normalized spacial score (nSPS) is 24.5. The van der Waals surface area contributed by atoms with E-state index in [4.69, 9.17) is 26.4 Å². The number of benzene rings is 2. The van der Waals surface area contributed by atoms with Crippen LogP contribution in [-0.4, -0.2) is 39.1 Å². The molecular formula is C27H36N8. The number of aromatic nitrogens is 3. The van der Waals surface area contributed by atoms with Crippen LogP contribution < -0.4 is 27.0 Å². The molecule has 0 bridgehead atoms. The van der Waals surface area contributed by atoms with E-state index in [2.05, 4.69) is 39.8 Å². The SMILES string of the molecule is NC1CCCC(Nc2nc(NC3CCCC(N)C3)nc(N(c3ccccc3)c3ccccc3)n2)C1. The van der Waals surface area contributed by atoms with Gasteiger partial charge < -0.3 is 22.1 Å². The molecule has 35 heavy (non-hydrogen) atoms. The van der Waals surface area contributed by atoms with Crippen molar-refractivity contribution in [1.29, 1.82) is 0 Å². The third-order valence-electron chi connectivity index (χ3n) is 6.95. The van der Waals surface area contributed by atoms with Gasteiger partial charge in [-0.05, 0) is 75.6 Å². The highest BCUT2D eigenvalue weighted by molar-refractivity contribution is 5.73. The van der Waals surface area contributed by atoms with Crippen LogP contribution in [0.5, 0.6) is 0 Å². The molecule has 0 spiro atoms. The molecule has 8 heteroatoms. The maximum Gasteiger partial charge on any atom is 0.241 e. The Morgan fingerprint density at radius 2 is 1.09 bits per heavy atom. The molecule has 2 aromatic carbocycles. The maximum absolute atomic E-state index is 6.25. The largest absolute Gasteiger partial charge is 0.351 e. The number of nitrogens with zero attached hydrogens (tertiary/aromatic N) is 4. The molecule has 0 amide bonds. The van der Waals surface area contributed by atoms with Crippen LogP contribution in [0.2, 0.25) is 0 Å². The molecule has 2 fully saturated rings. The molecule has 3 aromatic rings. The summed E-state index contributed by atoms with van der Waals surface area (Å²) in [6, 6.07) is 21.3. The zero-order valence-electron chi connectivity index (χ0n) is 20.2. The Bertz CT molecular complexity index is 995. The molecule has 2 aliphatic carbocycles. The second kappa shape index (κ2) is 11.0. The lowest BCUT2D eigenvalue weighted by Gasteiger charge is -2.29. The number of hydrogen-bond donors (Lipinski definition) is 4. The molecule has 0 aliphatic heterocycles. The fourth-order valence-electron chi connectivity index (χ4n) is 5.21. The number of anilines is 5. The fraction of sp³-hybridized carbons (Fsp3) is 0.444. The van der Waals surface area contributed by atoms with E-state index in [0.717, 1.165) is 62.7 Å². The summed E-state index contributed by atoms with van der Waals surface area (Å²) in [5, 5.41) is 7.12. The zero-order valence-corrected chi connectivity index (χ0v) is 20.2. The lowest BCUT2D eigenvalue weighted by molar-refractivity contribution is 0.406. The van der Waals surface area contributed by atoms with Gasteiger partial charge in [0.25, 0.3) is 0 Å². The quantitative estimate of drug-likeness (QED) is 0.391. The number of hydrogen-bond acceptors (Lipinski definition) is 8. The first-order chi connectivity index (χ1) is 17.1. The van der Waals surface area contributed by atoms with E-state index in [0.29, 0.717) is 17.8 Å². The first-order valence-electron chi connectivity index (χ1n) is 12.8. The minimum absolute atomic E-state index is 0.217. The summed E-state index contributed by atoms with van der Waals surface area (Å²) in [6.45, 7) is 0. The molecule has 4 unspecified atom stereocenters. The average molecular weight is 473 g/mol. The van der Waals surface area contributed by atoms with Gasteiger partial charge in [0.1, 0.15) is 0 Å². The monoisotopic (exact) mass is 472 g/mol. The van der Waals surface area contributed by atoms with E-state index < -0.39 is 0 Å². The first-order valence-corrected chi connectivity index (χ1v) is 12.8. The van der Waals surface area contributed by atoms with Crippen LogP contribution in [-0.2, 0) is 0 Å². The topological polar surface area (TPSA) is 118 Å². The summed E-state index contributed by atoms with van der Waals surface area (Å²) >= 11 is 0. The Labute approximate surface area is 207 Å². The van der Waals surface area contributed by atoms with Crippen LogP contribution in [0.15, 0.2) is 60.7 Å². The summed E-state index contributed by atoms with van der Waals surface area (Å²) < 4.78 is 0. The minimum Gasteiger partial charge on any atom is -0.351 e. The van der Waals surface area contributed by atoms with Crippen molar-refractivity contribution in [2.75, 3.05) is 15.5 Å². The van der Waals surface area contributed by atoms with Crippen LogP contribution in [0.1, 0.15) is 51.4 Å². The molecule has 0 saturated heterocycles. The Hall–Kier alpha value is -3.23. The number of rotatable bonds is 7. The van der Waals surface area contributed by atoms with Crippen LogP contribution >= 0.6 is 0 Å². The van der Waals surface area contributed by atoms with E-state index in [1.54, 1.807) is 0 Å². The minimum atomic E-state index is 0.217. The van der Waals surface area contributed by atoms with Crippen molar-refractivity contribution in [3.63, 3.8) is 0 Å². The molecule has 1 heterocycles. The summed E-state index contributed by atoms with van der Waals surface area (Å²) in [4.78, 5) is 16.7. The van der Waals surface area contributed by atoms with Crippen LogP contribution in [0.3, 0.4) is 0 Å². The average Bonchev–Trinajstić information content (AvgIpc) is 2.86. The molecule has 4 atom stereocenters. The van der Waals surface area contributed by atoms with Gasteiger partial charge in [0.15, 0.2) is 0 Å². The lowest BCUT2D eigenvalue weighted by Crippen LogP contribution is -2.36. The molecule has 184 valence electrons. The molecule has 8 nitrogen and oxygen atoms in total. The molecule has 6 N–H and O–H groups in total. The zero-order chi connectivity index (χ0) is 24.0. The van der Waals surface area contributed by atoms with Gasteiger partial charge >= 0.3 is 0 Å². The highest BCUT2D eigenvalue weighted by Crippen LogP contribution is 2.33. The first kappa shape index (κ1) is 23.5. The molecule has 2 aliphatic rings. The van der Waals surface area contributed by atoms with Crippen LogP contribution in [0, 0.1) is 0 Å². The highest BCUT2D eigenvalue weighted by Gasteiger charge is 2.24. The van der Waals surface area contributed by atoms with Gasteiger partial charge in [0, 0.05) is 35.5 Å².